The topological polar surface area (TPSA) is 75.3 Å². The van der Waals surface area contributed by atoms with E-state index in [0.717, 1.165) is 0 Å². The van der Waals surface area contributed by atoms with E-state index in [4.69, 9.17) is 11.6 Å². The fourth-order valence-electron chi connectivity index (χ4n) is 1.94. The van der Waals surface area contributed by atoms with Gasteiger partial charge >= 0.3 is 0 Å². The number of hydrogen-bond donors (Lipinski definition) is 2. The van der Waals surface area contributed by atoms with Gasteiger partial charge in [-0.15, -0.1) is 0 Å². The van der Waals surface area contributed by atoms with E-state index in [1.807, 2.05) is 6.92 Å². The average molecular weight is 367 g/mol. The van der Waals surface area contributed by atoms with Crippen LogP contribution in [0.15, 0.2) is 53.4 Å². The van der Waals surface area contributed by atoms with Crippen LogP contribution >= 0.6 is 11.6 Å². The Bertz CT molecular complexity index is 803. The minimum Gasteiger partial charge on any atom is -0.322 e. The monoisotopic (exact) mass is 366 g/mol. The van der Waals surface area contributed by atoms with Crippen LogP contribution in [0.5, 0.6) is 0 Å². The van der Waals surface area contributed by atoms with Gasteiger partial charge in [-0.1, -0.05) is 18.5 Å². The predicted octanol–water partition coefficient (Wildman–Crippen LogP) is 3.67. The summed E-state index contributed by atoms with van der Waals surface area (Å²) in [6.07, 6.45) is 0.703. The zero-order valence-corrected chi connectivity index (χ0v) is 15.0. The number of amides is 1. The van der Waals surface area contributed by atoms with Crippen LogP contribution in [0.4, 0.5) is 5.69 Å². The van der Waals surface area contributed by atoms with E-state index in [1.165, 1.54) is 12.1 Å². The highest BCUT2D eigenvalue weighted by Gasteiger charge is 2.16. The summed E-state index contributed by atoms with van der Waals surface area (Å²) in [5.74, 6) is -0.292. The third-order valence-electron chi connectivity index (χ3n) is 3.50. The van der Waals surface area contributed by atoms with Crippen LogP contribution in [0.1, 0.15) is 30.6 Å². The van der Waals surface area contributed by atoms with Crippen molar-refractivity contribution in [3.05, 3.63) is 59.1 Å². The number of carbonyl (C=O) groups excluding carboxylic acids is 1. The molecule has 5 nitrogen and oxygen atoms in total. The molecule has 1 unspecified atom stereocenters. The van der Waals surface area contributed by atoms with Crippen molar-refractivity contribution in [3.63, 3.8) is 0 Å². The molecule has 0 fully saturated rings. The molecule has 0 aliphatic carbocycles. The maximum atomic E-state index is 12.2. The fourth-order valence-corrected chi connectivity index (χ4v) is 3.39. The molecule has 1 atom stereocenters. The summed E-state index contributed by atoms with van der Waals surface area (Å²) in [5, 5.41) is 3.26. The van der Waals surface area contributed by atoms with Gasteiger partial charge in [0.15, 0.2) is 0 Å². The van der Waals surface area contributed by atoms with Crippen LogP contribution in [0.25, 0.3) is 0 Å². The van der Waals surface area contributed by atoms with Crippen LogP contribution in [0.2, 0.25) is 5.02 Å². The van der Waals surface area contributed by atoms with E-state index in [0.29, 0.717) is 22.7 Å². The Labute approximate surface area is 147 Å². The number of carbonyl (C=O) groups is 1. The Hall–Kier alpha value is -1.89. The van der Waals surface area contributed by atoms with Gasteiger partial charge < -0.3 is 5.32 Å². The maximum Gasteiger partial charge on any atom is 0.255 e. The second-order valence-corrected chi connectivity index (χ2v) is 7.57. The predicted molar refractivity (Wildman–Crippen MR) is 95.9 cm³/mol. The zero-order valence-electron chi connectivity index (χ0n) is 13.4. The summed E-state index contributed by atoms with van der Waals surface area (Å²) in [4.78, 5) is 12.3. The van der Waals surface area contributed by atoms with Crippen LogP contribution in [-0.4, -0.2) is 20.4 Å². The third kappa shape index (κ3) is 4.80. The zero-order chi connectivity index (χ0) is 17.7. The molecule has 0 heterocycles. The lowest BCUT2D eigenvalue weighted by Gasteiger charge is -2.12. The Kier molecular flexibility index (Phi) is 5.99. The molecule has 0 radical (unpaired) electrons. The van der Waals surface area contributed by atoms with Gasteiger partial charge in [-0.05, 0) is 61.9 Å². The number of hydrogen-bond acceptors (Lipinski definition) is 3. The molecular formula is C17H19ClN2O3S. The number of sulfonamides is 1. The van der Waals surface area contributed by atoms with Gasteiger partial charge in [0.2, 0.25) is 10.0 Å². The Morgan fingerprint density at radius 3 is 2.21 bits per heavy atom. The molecular weight excluding hydrogens is 348 g/mol. The number of rotatable bonds is 6. The lowest BCUT2D eigenvalue weighted by atomic mass is 10.2. The molecule has 0 spiro atoms. The number of halogens is 1. The first-order chi connectivity index (χ1) is 11.3. The summed E-state index contributed by atoms with van der Waals surface area (Å²) in [6.45, 7) is 3.71. The van der Waals surface area contributed by atoms with Crippen molar-refractivity contribution in [1.29, 1.82) is 0 Å². The van der Waals surface area contributed by atoms with Crippen molar-refractivity contribution >= 4 is 33.2 Å². The summed E-state index contributed by atoms with van der Waals surface area (Å²) in [6, 6.07) is 12.4. The van der Waals surface area contributed by atoms with Crippen LogP contribution in [0, 0.1) is 0 Å². The number of nitrogens with one attached hydrogen (secondary N) is 2. The number of anilines is 1. The van der Waals surface area contributed by atoms with E-state index in [-0.39, 0.29) is 16.8 Å². The Morgan fingerprint density at radius 1 is 1.08 bits per heavy atom. The summed E-state index contributed by atoms with van der Waals surface area (Å²) < 4.78 is 26.9. The minimum atomic E-state index is -3.55. The lowest BCUT2D eigenvalue weighted by molar-refractivity contribution is 0.102. The second kappa shape index (κ2) is 7.79. The van der Waals surface area contributed by atoms with Crippen LogP contribution < -0.4 is 10.0 Å². The van der Waals surface area contributed by atoms with Crippen molar-refractivity contribution in [2.75, 3.05) is 5.32 Å². The van der Waals surface area contributed by atoms with Crippen molar-refractivity contribution < 1.29 is 13.2 Å². The first-order valence-electron chi connectivity index (χ1n) is 7.51. The largest absolute Gasteiger partial charge is 0.322 e. The fraction of sp³-hybridized carbons (Fsp3) is 0.235. The van der Waals surface area contributed by atoms with Crippen LogP contribution in [-0.2, 0) is 10.0 Å². The van der Waals surface area contributed by atoms with Crippen molar-refractivity contribution in [1.82, 2.24) is 4.72 Å². The molecule has 0 saturated carbocycles. The lowest BCUT2D eigenvalue weighted by Crippen LogP contribution is -2.31. The van der Waals surface area contributed by atoms with Gasteiger partial charge in [0, 0.05) is 22.3 Å². The van der Waals surface area contributed by atoms with Gasteiger partial charge in [0.25, 0.3) is 5.91 Å². The Morgan fingerprint density at radius 2 is 1.67 bits per heavy atom. The molecule has 128 valence electrons. The molecule has 0 aromatic heterocycles. The average Bonchev–Trinajstić information content (AvgIpc) is 2.55. The molecule has 24 heavy (non-hydrogen) atoms. The molecule has 2 aromatic carbocycles. The van der Waals surface area contributed by atoms with Crippen molar-refractivity contribution in [3.8, 4) is 0 Å². The highest BCUT2D eigenvalue weighted by Crippen LogP contribution is 2.16. The first kappa shape index (κ1) is 18.4. The standard InChI is InChI=1S/C17H19ClN2O3S/c1-3-12(2)20-24(22,23)16-10-8-15(9-11-16)19-17(21)13-4-6-14(18)7-5-13/h4-12,20H,3H2,1-2H3,(H,19,21). The van der Waals surface area contributed by atoms with Crippen LogP contribution in [0.3, 0.4) is 0 Å². The van der Waals surface area contributed by atoms with Crippen molar-refractivity contribution in [2.24, 2.45) is 0 Å². The van der Waals surface area contributed by atoms with E-state index >= 15 is 0 Å². The summed E-state index contributed by atoms with van der Waals surface area (Å²) >= 11 is 5.79. The van der Waals surface area contributed by atoms with E-state index in [9.17, 15) is 13.2 Å². The molecule has 0 saturated heterocycles. The molecule has 7 heteroatoms. The normalized spacial score (nSPS) is 12.6. The molecule has 2 aromatic rings. The van der Waals surface area contributed by atoms with Gasteiger partial charge in [-0.25, -0.2) is 13.1 Å². The third-order valence-corrected chi connectivity index (χ3v) is 5.36. The highest BCUT2D eigenvalue weighted by atomic mass is 35.5. The van der Waals surface area contributed by atoms with Gasteiger partial charge in [0.05, 0.1) is 4.90 Å². The molecule has 0 aliphatic rings. The van der Waals surface area contributed by atoms with E-state index < -0.39 is 10.0 Å². The maximum absolute atomic E-state index is 12.2. The smallest absolute Gasteiger partial charge is 0.255 e. The van der Waals surface area contributed by atoms with E-state index in [2.05, 4.69) is 10.0 Å². The molecule has 1 amide bonds. The summed E-state index contributed by atoms with van der Waals surface area (Å²) in [5.41, 5.74) is 0.979. The molecule has 0 aliphatic heterocycles. The van der Waals surface area contributed by atoms with E-state index in [1.54, 1.807) is 43.3 Å². The molecule has 0 bridgehead atoms. The minimum absolute atomic E-state index is 0.140. The van der Waals surface area contributed by atoms with Gasteiger partial charge in [-0.3, -0.25) is 4.79 Å². The van der Waals surface area contributed by atoms with Gasteiger partial charge in [-0.2, -0.15) is 0 Å². The Balaban J connectivity index is 2.09. The number of benzene rings is 2. The SMILES string of the molecule is CCC(C)NS(=O)(=O)c1ccc(NC(=O)c2ccc(Cl)cc2)cc1. The van der Waals surface area contributed by atoms with Crippen molar-refractivity contribution in [2.45, 2.75) is 31.2 Å². The summed E-state index contributed by atoms with van der Waals surface area (Å²) in [7, 11) is -3.55. The van der Waals surface area contributed by atoms with Gasteiger partial charge in [0.1, 0.15) is 0 Å². The first-order valence-corrected chi connectivity index (χ1v) is 9.37. The highest BCUT2D eigenvalue weighted by molar-refractivity contribution is 7.89. The molecule has 2 rings (SSSR count). The molecule has 2 N–H and O–H groups in total. The second-order valence-electron chi connectivity index (χ2n) is 5.42. The quantitative estimate of drug-likeness (QED) is 0.819.